The van der Waals surface area contributed by atoms with Gasteiger partial charge in [0.1, 0.15) is 0 Å². The second-order valence-corrected chi connectivity index (χ2v) is 5.79. The average Bonchev–Trinajstić information content (AvgIpc) is 2.54. The van der Waals surface area contributed by atoms with Crippen LogP contribution >= 0.6 is 0 Å². The Hall–Kier alpha value is -2.34. The molecule has 0 radical (unpaired) electrons. The van der Waals surface area contributed by atoms with Gasteiger partial charge in [-0.05, 0) is 54.5 Å². The Morgan fingerprint density at radius 3 is 2.77 bits per heavy atom. The van der Waals surface area contributed by atoms with Gasteiger partial charge < -0.3 is 0 Å². The Balaban J connectivity index is 2.21. The molecule has 0 heteroatoms. The Bertz CT molecular complexity index is 758. The van der Waals surface area contributed by atoms with E-state index in [1.807, 2.05) is 6.92 Å². The summed E-state index contributed by atoms with van der Waals surface area (Å²) in [6, 6.07) is 13.3. The van der Waals surface area contributed by atoms with Crippen LogP contribution in [0.3, 0.4) is 0 Å². The molecular formula is C22H22. The summed E-state index contributed by atoms with van der Waals surface area (Å²) in [4.78, 5) is 0. The van der Waals surface area contributed by atoms with E-state index in [0.717, 1.165) is 12.8 Å². The maximum atomic E-state index is 2.29. The van der Waals surface area contributed by atoms with E-state index in [-0.39, 0.29) is 0 Å². The molecule has 1 aliphatic carbocycles. The molecule has 0 spiro atoms. The summed E-state index contributed by atoms with van der Waals surface area (Å²) in [7, 11) is 0. The highest BCUT2D eigenvalue weighted by molar-refractivity contribution is 5.82. The number of hydrogen-bond donors (Lipinski definition) is 0. The first-order valence-electron chi connectivity index (χ1n) is 7.98. The van der Waals surface area contributed by atoms with E-state index >= 15 is 0 Å². The standard InChI is InChI=1S/C22H22/c1-3-4-5-11-19-15-14-18-10-6-7-13-21(18)22(19)20-12-8-9-17(2)16-20/h3-6,8-12,14-16H,7,13H2,1-2H3/b4-3-,11-5-. The number of fused-ring (bicyclic) bond motifs is 1. The summed E-state index contributed by atoms with van der Waals surface area (Å²) in [6.45, 7) is 4.21. The van der Waals surface area contributed by atoms with Crippen LogP contribution in [-0.2, 0) is 6.42 Å². The van der Waals surface area contributed by atoms with Crippen LogP contribution in [0.4, 0.5) is 0 Å². The lowest BCUT2D eigenvalue weighted by molar-refractivity contribution is 0.987. The fourth-order valence-electron chi connectivity index (χ4n) is 3.10. The summed E-state index contributed by atoms with van der Waals surface area (Å²) in [5.74, 6) is 0. The van der Waals surface area contributed by atoms with Crippen molar-refractivity contribution in [1.29, 1.82) is 0 Å². The summed E-state index contributed by atoms with van der Waals surface area (Å²) >= 11 is 0. The lowest BCUT2D eigenvalue weighted by Gasteiger charge is -2.19. The van der Waals surface area contributed by atoms with Crippen LogP contribution in [0, 0.1) is 6.92 Å². The predicted molar refractivity (Wildman–Crippen MR) is 97.8 cm³/mol. The van der Waals surface area contributed by atoms with Crippen LogP contribution in [-0.4, -0.2) is 0 Å². The molecule has 0 aromatic heterocycles. The minimum atomic E-state index is 1.13. The molecule has 0 saturated carbocycles. The molecule has 0 nitrogen and oxygen atoms in total. The van der Waals surface area contributed by atoms with Gasteiger partial charge in [-0.2, -0.15) is 0 Å². The van der Waals surface area contributed by atoms with Crippen molar-refractivity contribution in [2.45, 2.75) is 26.7 Å². The first-order chi connectivity index (χ1) is 10.8. The molecule has 3 rings (SSSR count). The predicted octanol–water partition coefficient (Wildman–Crippen LogP) is 6.21. The molecule has 0 unspecified atom stereocenters. The van der Waals surface area contributed by atoms with E-state index < -0.39 is 0 Å². The summed E-state index contributed by atoms with van der Waals surface area (Å²) in [5, 5.41) is 0. The van der Waals surface area contributed by atoms with Gasteiger partial charge in [0.15, 0.2) is 0 Å². The second kappa shape index (κ2) is 6.62. The SMILES string of the molecule is C/C=C\C=C/c1ccc2c(c1-c1cccc(C)c1)CCC=C2. The zero-order valence-electron chi connectivity index (χ0n) is 13.3. The fourth-order valence-corrected chi connectivity index (χ4v) is 3.10. The summed E-state index contributed by atoms with van der Waals surface area (Å²) in [6.07, 6.45) is 15.3. The van der Waals surface area contributed by atoms with Gasteiger partial charge in [0.25, 0.3) is 0 Å². The second-order valence-electron chi connectivity index (χ2n) is 5.79. The van der Waals surface area contributed by atoms with Gasteiger partial charge in [-0.15, -0.1) is 0 Å². The van der Waals surface area contributed by atoms with E-state index in [2.05, 4.69) is 79.8 Å². The quantitative estimate of drug-likeness (QED) is 0.588. The fraction of sp³-hybridized carbons (Fsp3) is 0.182. The molecular weight excluding hydrogens is 264 g/mol. The van der Waals surface area contributed by atoms with Gasteiger partial charge in [-0.3, -0.25) is 0 Å². The monoisotopic (exact) mass is 286 g/mol. The Kier molecular flexibility index (Phi) is 4.39. The third-order valence-corrected chi connectivity index (χ3v) is 4.13. The third kappa shape index (κ3) is 2.96. The first kappa shape index (κ1) is 14.6. The van der Waals surface area contributed by atoms with Crippen molar-refractivity contribution in [3.63, 3.8) is 0 Å². The number of hydrogen-bond acceptors (Lipinski definition) is 0. The number of aryl methyl sites for hydroxylation is 1. The smallest absolute Gasteiger partial charge is 0.00731 e. The van der Waals surface area contributed by atoms with Gasteiger partial charge in [0, 0.05) is 0 Å². The van der Waals surface area contributed by atoms with E-state index in [9.17, 15) is 0 Å². The largest absolute Gasteiger partial charge is 0.0877 e. The topological polar surface area (TPSA) is 0 Å². The van der Waals surface area contributed by atoms with Gasteiger partial charge in [0.05, 0.1) is 0 Å². The van der Waals surface area contributed by atoms with Crippen molar-refractivity contribution < 1.29 is 0 Å². The van der Waals surface area contributed by atoms with Crippen molar-refractivity contribution >= 4 is 12.2 Å². The Morgan fingerprint density at radius 2 is 1.95 bits per heavy atom. The first-order valence-corrected chi connectivity index (χ1v) is 7.98. The summed E-state index contributed by atoms with van der Waals surface area (Å²) in [5.41, 5.74) is 8.18. The maximum absolute atomic E-state index is 2.29. The Labute approximate surface area is 133 Å². The minimum Gasteiger partial charge on any atom is -0.0877 e. The lowest BCUT2D eigenvalue weighted by Crippen LogP contribution is -2.00. The molecule has 0 N–H and O–H groups in total. The van der Waals surface area contributed by atoms with Crippen LogP contribution in [0.2, 0.25) is 0 Å². The average molecular weight is 286 g/mol. The zero-order valence-corrected chi connectivity index (χ0v) is 13.3. The molecule has 0 aliphatic heterocycles. The molecule has 1 aliphatic rings. The molecule has 0 amide bonds. The van der Waals surface area contributed by atoms with Gasteiger partial charge in [-0.1, -0.05) is 78.4 Å². The zero-order chi connectivity index (χ0) is 15.4. The van der Waals surface area contributed by atoms with E-state index in [1.54, 1.807) is 0 Å². The highest BCUT2D eigenvalue weighted by Gasteiger charge is 2.14. The number of allylic oxidation sites excluding steroid dienone is 4. The van der Waals surface area contributed by atoms with E-state index in [4.69, 9.17) is 0 Å². The molecule has 110 valence electrons. The molecule has 0 heterocycles. The molecule has 0 saturated heterocycles. The van der Waals surface area contributed by atoms with Crippen molar-refractivity contribution in [2.24, 2.45) is 0 Å². The molecule has 0 bridgehead atoms. The Morgan fingerprint density at radius 1 is 1.05 bits per heavy atom. The third-order valence-electron chi connectivity index (χ3n) is 4.13. The van der Waals surface area contributed by atoms with E-state index in [0.29, 0.717) is 0 Å². The molecule has 22 heavy (non-hydrogen) atoms. The van der Waals surface area contributed by atoms with Gasteiger partial charge in [0.2, 0.25) is 0 Å². The van der Waals surface area contributed by atoms with Crippen molar-refractivity contribution in [3.05, 3.63) is 83.0 Å². The molecule has 0 fully saturated rings. The van der Waals surface area contributed by atoms with Crippen LogP contribution in [0.1, 0.15) is 35.6 Å². The van der Waals surface area contributed by atoms with E-state index in [1.165, 1.54) is 33.4 Å². The van der Waals surface area contributed by atoms with Gasteiger partial charge >= 0.3 is 0 Å². The lowest BCUT2D eigenvalue weighted by atomic mass is 9.85. The van der Waals surface area contributed by atoms with Crippen LogP contribution in [0.15, 0.2) is 60.7 Å². The highest BCUT2D eigenvalue weighted by atomic mass is 14.2. The normalized spacial score (nSPS) is 13.9. The minimum absolute atomic E-state index is 1.13. The van der Waals surface area contributed by atoms with Crippen LogP contribution in [0.5, 0.6) is 0 Å². The van der Waals surface area contributed by atoms with Crippen LogP contribution < -0.4 is 0 Å². The highest BCUT2D eigenvalue weighted by Crippen LogP contribution is 2.35. The molecule has 2 aromatic rings. The maximum Gasteiger partial charge on any atom is -0.00731 e. The number of rotatable bonds is 3. The van der Waals surface area contributed by atoms with Crippen molar-refractivity contribution in [1.82, 2.24) is 0 Å². The summed E-state index contributed by atoms with van der Waals surface area (Å²) < 4.78 is 0. The molecule has 0 atom stereocenters. The van der Waals surface area contributed by atoms with Crippen molar-refractivity contribution in [3.8, 4) is 11.1 Å². The van der Waals surface area contributed by atoms with Crippen molar-refractivity contribution in [2.75, 3.05) is 0 Å². The molecule has 2 aromatic carbocycles. The van der Waals surface area contributed by atoms with Gasteiger partial charge in [-0.25, -0.2) is 0 Å². The number of benzene rings is 2. The van der Waals surface area contributed by atoms with Crippen LogP contribution in [0.25, 0.3) is 23.3 Å².